The van der Waals surface area contributed by atoms with Crippen LogP contribution >= 0.6 is 0 Å². The fourth-order valence-corrected chi connectivity index (χ4v) is 3.09. The minimum Gasteiger partial charge on any atom is -0.324 e. The van der Waals surface area contributed by atoms with E-state index in [4.69, 9.17) is 5.73 Å². The van der Waals surface area contributed by atoms with Crippen LogP contribution in [0.1, 0.15) is 54.0 Å². The summed E-state index contributed by atoms with van der Waals surface area (Å²) in [5.41, 5.74) is 12.4. The molecule has 0 bridgehead atoms. The average molecular weight is 201 g/mol. The van der Waals surface area contributed by atoms with Crippen molar-refractivity contribution in [3.8, 4) is 0 Å². The molecule has 1 aromatic rings. The Morgan fingerprint density at radius 1 is 0.867 bits per heavy atom. The van der Waals surface area contributed by atoms with Crippen molar-refractivity contribution in [3.05, 3.63) is 34.4 Å². The topological polar surface area (TPSA) is 26.0 Å². The summed E-state index contributed by atoms with van der Waals surface area (Å²) < 4.78 is 0. The first-order chi connectivity index (χ1) is 7.34. The van der Waals surface area contributed by atoms with Gasteiger partial charge in [-0.15, -0.1) is 0 Å². The number of hydrogen-bond donors (Lipinski definition) is 1. The van der Waals surface area contributed by atoms with Crippen LogP contribution in [-0.4, -0.2) is 0 Å². The van der Waals surface area contributed by atoms with E-state index in [1.807, 2.05) is 0 Å². The first-order valence-corrected chi connectivity index (χ1v) is 6.25. The molecule has 0 radical (unpaired) electrons. The molecular formula is C14H19N. The van der Waals surface area contributed by atoms with Gasteiger partial charge in [0.25, 0.3) is 0 Å². The lowest BCUT2D eigenvalue weighted by atomic mass is 9.94. The molecule has 3 rings (SSSR count). The Morgan fingerprint density at radius 3 is 2.47 bits per heavy atom. The smallest absolute Gasteiger partial charge is 0.0297 e. The van der Waals surface area contributed by atoms with E-state index in [1.165, 1.54) is 50.5 Å². The van der Waals surface area contributed by atoms with Gasteiger partial charge in [-0.05, 0) is 60.8 Å². The largest absolute Gasteiger partial charge is 0.324 e. The molecule has 2 N–H and O–H groups in total. The van der Waals surface area contributed by atoms with Gasteiger partial charge in [-0.25, -0.2) is 0 Å². The molecule has 0 saturated carbocycles. The Kier molecular flexibility index (Phi) is 2.28. The maximum Gasteiger partial charge on any atom is 0.0297 e. The Hall–Kier alpha value is -0.820. The van der Waals surface area contributed by atoms with Gasteiger partial charge in [0.05, 0.1) is 0 Å². The zero-order valence-corrected chi connectivity index (χ0v) is 9.26. The first kappa shape index (κ1) is 9.41. The normalized spacial score (nSPS) is 24.5. The van der Waals surface area contributed by atoms with Gasteiger partial charge in [-0.3, -0.25) is 0 Å². The molecular weight excluding hydrogens is 182 g/mol. The van der Waals surface area contributed by atoms with Crippen molar-refractivity contribution in [3.63, 3.8) is 0 Å². The van der Waals surface area contributed by atoms with Crippen molar-refractivity contribution in [2.24, 2.45) is 5.73 Å². The molecule has 0 amide bonds. The van der Waals surface area contributed by atoms with Crippen molar-refractivity contribution in [2.45, 2.75) is 51.0 Å². The van der Waals surface area contributed by atoms with Crippen molar-refractivity contribution in [1.82, 2.24) is 0 Å². The molecule has 1 nitrogen and oxygen atoms in total. The zero-order chi connectivity index (χ0) is 10.3. The lowest BCUT2D eigenvalue weighted by Crippen LogP contribution is -2.11. The average Bonchev–Trinajstić information content (AvgIpc) is 2.62. The highest BCUT2D eigenvalue weighted by Crippen LogP contribution is 2.32. The van der Waals surface area contributed by atoms with Crippen LogP contribution < -0.4 is 5.73 Å². The molecule has 80 valence electrons. The SMILES string of the molecule is NC1CCCCc2cc3c(cc21)CCC3. The molecule has 0 heterocycles. The van der Waals surface area contributed by atoms with Crippen LogP contribution in [-0.2, 0) is 19.3 Å². The highest BCUT2D eigenvalue weighted by molar-refractivity contribution is 5.42. The van der Waals surface area contributed by atoms with Crippen molar-refractivity contribution >= 4 is 0 Å². The summed E-state index contributed by atoms with van der Waals surface area (Å²) in [7, 11) is 0. The van der Waals surface area contributed by atoms with Crippen LogP contribution in [0.3, 0.4) is 0 Å². The van der Waals surface area contributed by atoms with Crippen molar-refractivity contribution < 1.29 is 0 Å². The third-order valence-electron chi connectivity index (χ3n) is 3.96. The van der Waals surface area contributed by atoms with Gasteiger partial charge < -0.3 is 5.73 Å². The summed E-state index contributed by atoms with van der Waals surface area (Å²) in [5.74, 6) is 0. The molecule has 0 saturated heterocycles. The Bertz CT molecular complexity index is 381. The summed E-state index contributed by atoms with van der Waals surface area (Å²) in [6, 6.07) is 5.16. The van der Waals surface area contributed by atoms with Crippen LogP contribution in [0.15, 0.2) is 12.1 Å². The van der Waals surface area contributed by atoms with Crippen LogP contribution in [0, 0.1) is 0 Å². The molecule has 0 aromatic heterocycles. The number of hydrogen-bond acceptors (Lipinski definition) is 1. The first-order valence-electron chi connectivity index (χ1n) is 6.25. The Balaban J connectivity index is 2.09. The standard InChI is InChI=1S/C14H19N/c15-14-7-2-1-4-12-8-10-5-3-6-11(10)9-13(12)14/h8-9,14H,1-7,15H2. The highest BCUT2D eigenvalue weighted by Gasteiger charge is 2.19. The monoisotopic (exact) mass is 201 g/mol. The van der Waals surface area contributed by atoms with Gasteiger partial charge in [0.1, 0.15) is 0 Å². The third-order valence-corrected chi connectivity index (χ3v) is 3.96. The number of rotatable bonds is 0. The fraction of sp³-hybridized carbons (Fsp3) is 0.571. The Morgan fingerprint density at radius 2 is 1.60 bits per heavy atom. The number of nitrogens with two attached hydrogens (primary N) is 1. The lowest BCUT2D eigenvalue weighted by molar-refractivity contribution is 0.615. The second kappa shape index (κ2) is 3.64. The van der Waals surface area contributed by atoms with Gasteiger partial charge >= 0.3 is 0 Å². The van der Waals surface area contributed by atoms with Crippen molar-refractivity contribution in [2.75, 3.05) is 0 Å². The van der Waals surface area contributed by atoms with Gasteiger partial charge in [-0.1, -0.05) is 18.6 Å². The van der Waals surface area contributed by atoms with Gasteiger partial charge in [0, 0.05) is 6.04 Å². The van der Waals surface area contributed by atoms with E-state index < -0.39 is 0 Å². The van der Waals surface area contributed by atoms with Gasteiger partial charge in [-0.2, -0.15) is 0 Å². The number of benzene rings is 1. The summed E-state index contributed by atoms with van der Waals surface area (Å²) in [5, 5.41) is 0. The maximum atomic E-state index is 6.24. The summed E-state index contributed by atoms with van der Waals surface area (Å²) in [4.78, 5) is 0. The molecule has 2 aliphatic carbocycles. The maximum absolute atomic E-state index is 6.24. The molecule has 0 spiro atoms. The quantitative estimate of drug-likeness (QED) is 0.642. The predicted molar refractivity (Wildman–Crippen MR) is 63.0 cm³/mol. The van der Waals surface area contributed by atoms with E-state index in [-0.39, 0.29) is 0 Å². The third kappa shape index (κ3) is 1.59. The molecule has 0 aliphatic heterocycles. The molecule has 1 unspecified atom stereocenters. The summed E-state index contributed by atoms with van der Waals surface area (Å²) >= 11 is 0. The van der Waals surface area contributed by atoms with Crippen LogP contribution in [0.4, 0.5) is 0 Å². The molecule has 1 aromatic carbocycles. The molecule has 15 heavy (non-hydrogen) atoms. The second-order valence-corrected chi connectivity index (χ2v) is 5.03. The minimum absolute atomic E-state index is 0.299. The van der Waals surface area contributed by atoms with E-state index in [9.17, 15) is 0 Å². The van der Waals surface area contributed by atoms with E-state index in [0.717, 1.165) is 0 Å². The van der Waals surface area contributed by atoms with Gasteiger partial charge in [0.15, 0.2) is 0 Å². The van der Waals surface area contributed by atoms with E-state index in [0.29, 0.717) is 6.04 Å². The zero-order valence-electron chi connectivity index (χ0n) is 9.26. The van der Waals surface area contributed by atoms with Crippen molar-refractivity contribution in [1.29, 1.82) is 0 Å². The minimum atomic E-state index is 0.299. The summed E-state index contributed by atoms with van der Waals surface area (Å²) in [6.07, 6.45) is 8.93. The van der Waals surface area contributed by atoms with E-state index >= 15 is 0 Å². The summed E-state index contributed by atoms with van der Waals surface area (Å²) in [6.45, 7) is 0. The number of aryl methyl sites for hydroxylation is 3. The Labute approximate surface area is 91.7 Å². The van der Waals surface area contributed by atoms with Crippen LogP contribution in [0.5, 0.6) is 0 Å². The van der Waals surface area contributed by atoms with Gasteiger partial charge in [0.2, 0.25) is 0 Å². The van der Waals surface area contributed by atoms with E-state index in [2.05, 4.69) is 12.1 Å². The second-order valence-electron chi connectivity index (χ2n) is 5.03. The van der Waals surface area contributed by atoms with E-state index in [1.54, 1.807) is 16.7 Å². The predicted octanol–water partition coefficient (Wildman–Crippen LogP) is 2.90. The molecule has 0 fully saturated rings. The fourth-order valence-electron chi connectivity index (χ4n) is 3.09. The number of fused-ring (bicyclic) bond motifs is 2. The molecule has 1 atom stereocenters. The lowest BCUT2D eigenvalue weighted by Gasteiger charge is -2.14. The van der Waals surface area contributed by atoms with Crippen LogP contribution in [0.25, 0.3) is 0 Å². The molecule has 1 heteroatoms. The highest BCUT2D eigenvalue weighted by atomic mass is 14.6. The molecule has 2 aliphatic rings. The van der Waals surface area contributed by atoms with Crippen LogP contribution in [0.2, 0.25) is 0 Å².